The number of benzene rings is 1. The van der Waals surface area contributed by atoms with Crippen LogP contribution in [0.25, 0.3) is 0 Å². The molecule has 5 heteroatoms. The van der Waals surface area contributed by atoms with E-state index in [9.17, 15) is 9.59 Å². The maximum absolute atomic E-state index is 12.5. The van der Waals surface area contributed by atoms with Crippen molar-refractivity contribution >= 4 is 24.1 Å². The largest absolute Gasteiger partial charge is 0.341 e. The van der Waals surface area contributed by atoms with E-state index in [1.807, 2.05) is 17.0 Å². The minimum Gasteiger partial charge on any atom is -0.341 e. The zero-order chi connectivity index (χ0) is 18.4. The lowest BCUT2D eigenvalue weighted by molar-refractivity contribution is -0.131. The lowest BCUT2D eigenvalue weighted by Gasteiger charge is -2.24. The van der Waals surface area contributed by atoms with Gasteiger partial charge in [-0.25, -0.2) is 0 Å². The van der Waals surface area contributed by atoms with E-state index in [2.05, 4.69) is 24.4 Å². The molecule has 2 aliphatic heterocycles. The van der Waals surface area contributed by atoms with Crippen molar-refractivity contribution in [2.24, 2.45) is 0 Å². The molecule has 150 valence electrons. The van der Waals surface area contributed by atoms with Crippen LogP contribution >= 0.6 is 12.4 Å². The van der Waals surface area contributed by atoms with Gasteiger partial charge in [-0.3, -0.25) is 9.59 Å². The maximum Gasteiger partial charge on any atom is 0.223 e. The molecule has 0 saturated carbocycles. The quantitative estimate of drug-likeness (QED) is 0.533. The summed E-state index contributed by atoms with van der Waals surface area (Å²) >= 11 is 0. The van der Waals surface area contributed by atoms with Crippen molar-refractivity contribution in [3.05, 3.63) is 35.4 Å². The van der Waals surface area contributed by atoms with Gasteiger partial charge in [-0.05, 0) is 37.7 Å². The Morgan fingerprint density at radius 3 is 2.52 bits per heavy atom. The average Bonchev–Trinajstić information content (AvgIpc) is 2.99. The standard InChI is InChI=1S/C22H32N2O2.ClH/c1-2-3-4-5-17-6-8-18(9-7-17)21(25)12-13-22(26)24-15-14-19-10-11-20(16-24)23-19;/h6-9,19-20,23H,2-5,10-16H2,1H3;1H. The molecule has 1 N–H and O–H groups in total. The molecule has 0 spiro atoms. The zero-order valence-corrected chi connectivity index (χ0v) is 17.2. The molecule has 0 aliphatic carbocycles. The number of unbranched alkanes of at least 4 members (excludes halogenated alkanes) is 2. The van der Waals surface area contributed by atoms with Gasteiger partial charge in [-0.15, -0.1) is 12.4 Å². The highest BCUT2D eigenvalue weighted by Gasteiger charge is 2.31. The van der Waals surface area contributed by atoms with Gasteiger partial charge < -0.3 is 10.2 Å². The Kier molecular flexibility index (Phi) is 8.78. The Morgan fingerprint density at radius 1 is 1.04 bits per heavy atom. The monoisotopic (exact) mass is 392 g/mol. The van der Waals surface area contributed by atoms with E-state index >= 15 is 0 Å². The molecule has 1 aromatic rings. The smallest absolute Gasteiger partial charge is 0.223 e. The normalized spacial score (nSPS) is 21.4. The number of hydrogen-bond acceptors (Lipinski definition) is 3. The molecule has 0 aromatic heterocycles. The van der Waals surface area contributed by atoms with E-state index < -0.39 is 0 Å². The third-order valence-electron chi connectivity index (χ3n) is 5.79. The summed E-state index contributed by atoms with van der Waals surface area (Å²) in [7, 11) is 0. The van der Waals surface area contributed by atoms with Gasteiger partial charge in [0.15, 0.2) is 5.78 Å². The number of carbonyl (C=O) groups is 2. The molecule has 0 radical (unpaired) electrons. The van der Waals surface area contributed by atoms with E-state index in [0.717, 1.165) is 37.9 Å². The van der Waals surface area contributed by atoms with Crippen molar-refractivity contribution in [1.82, 2.24) is 10.2 Å². The lowest BCUT2D eigenvalue weighted by atomic mass is 10.0. The summed E-state index contributed by atoms with van der Waals surface area (Å²) in [5, 5.41) is 3.59. The number of rotatable bonds is 8. The van der Waals surface area contributed by atoms with Crippen molar-refractivity contribution in [2.75, 3.05) is 13.1 Å². The van der Waals surface area contributed by atoms with Gasteiger partial charge in [0.05, 0.1) is 0 Å². The topological polar surface area (TPSA) is 49.4 Å². The predicted molar refractivity (Wildman–Crippen MR) is 112 cm³/mol. The lowest BCUT2D eigenvalue weighted by Crippen LogP contribution is -2.39. The van der Waals surface area contributed by atoms with Crippen LogP contribution in [0, 0.1) is 0 Å². The molecule has 2 atom stereocenters. The Labute approximate surface area is 169 Å². The number of ketones is 1. The third kappa shape index (κ3) is 6.32. The van der Waals surface area contributed by atoms with Crippen LogP contribution in [0.4, 0.5) is 0 Å². The first-order chi connectivity index (χ1) is 12.7. The molecule has 2 heterocycles. The van der Waals surface area contributed by atoms with Gasteiger partial charge in [0, 0.05) is 43.6 Å². The number of amides is 1. The van der Waals surface area contributed by atoms with E-state index in [0.29, 0.717) is 24.9 Å². The maximum atomic E-state index is 12.5. The van der Waals surface area contributed by atoms with E-state index in [1.54, 1.807) is 0 Å². The highest BCUT2D eigenvalue weighted by atomic mass is 35.5. The van der Waals surface area contributed by atoms with Crippen molar-refractivity contribution < 1.29 is 9.59 Å². The van der Waals surface area contributed by atoms with Gasteiger partial charge in [0.2, 0.25) is 5.91 Å². The van der Waals surface area contributed by atoms with E-state index in [4.69, 9.17) is 0 Å². The highest BCUT2D eigenvalue weighted by Crippen LogP contribution is 2.21. The second-order valence-electron chi connectivity index (χ2n) is 7.84. The van der Waals surface area contributed by atoms with E-state index in [1.165, 1.54) is 31.2 Å². The molecular weight excluding hydrogens is 360 g/mol. The number of carbonyl (C=O) groups excluding carboxylic acids is 2. The first kappa shape index (κ1) is 21.9. The Balaban J connectivity index is 0.00000261. The molecule has 2 bridgehead atoms. The summed E-state index contributed by atoms with van der Waals surface area (Å²) in [6, 6.07) is 8.98. The molecule has 2 saturated heterocycles. The van der Waals surface area contributed by atoms with E-state index in [-0.39, 0.29) is 24.1 Å². The average molecular weight is 393 g/mol. The Bertz CT molecular complexity index is 617. The summed E-state index contributed by atoms with van der Waals surface area (Å²) in [6.45, 7) is 3.83. The van der Waals surface area contributed by atoms with Crippen molar-refractivity contribution in [1.29, 1.82) is 0 Å². The van der Waals surface area contributed by atoms with Crippen LogP contribution in [0.3, 0.4) is 0 Å². The van der Waals surface area contributed by atoms with Crippen molar-refractivity contribution in [2.45, 2.75) is 76.8 Å². The SMILES string of the molecule is CCCCCc1ccc(C(=O)CCC(=O)N2CCC3CCC(C2)N3)cc1.Cl. The van der Waals surface area contributed by atoms with Crippen LogP contribution in [0.15, 0.2) is 24.3 Å². The Morgan fingerprint density at radius 2 is 1.78 bits per heavy atom. The van der Waals surface area contributed by atoms with Crippen LogP contribution in [-0.4, -0.2) is 41.8 Å². The first-order valence-corrected chi connectivity index (χ1v) is 10.3. The minimum absolute atomic E-state index is 0. The summed E-state index contributed by atoms with van der Waals surface area (Å²) in [5.41, 5.74) is 2.02. The molecule has 1 amide bonds. The van der Waals surface area contributed by atoms with Gasteiger partial charge in [0.1, 0.15) is 0 Å². The van der Waals surface area contributed by atoms with Crippen LogP contribution in [0.1, 0.15) is 74.2 Å². The number of Topliss-reactive ketones (excluding diaryl/α,β-unsaturated/α-hetero) is 1. The molecule has 2 fully saturated rings. The minimum atomic E-state index is 0. The number of fused-ring (bicyclic) bond motifs is 2. The fourth-order valence-electron chi connectivity index (χ4n) is 4.13. The number of nitrogens with zero attached hydrogens (tertiary/aromatic N) is 1. The molecule has 3 rings (SSSR count). The molecule has 2 unspecified atom stereocenters. The van der Waals surface area contributed by atoms with Gasteiger partial charge >= 0.3 is 0 Å². The second kappa shape index (κ2) is 10.8. The Hall–Kier alpha value is -1.39. The summed E-state index contributed by atoms with van der Waals surface area (Å²) in [4.78, 5) is 26.9. The molecule has 27 heavy (non-hydrogen) atoms. The fraction of sp³-hybridized carbons (Fsp3) is 0.636. The van der Waals surface area contributed by atoms with Crippen molar-refractivity contribution in [3.8, 4) is 0 Å². The van der Waals surface area contributed by atoms with Gasteiger partial charge in [0.25, 0.3) is 0 Å². The predicted octanol–water partition coefficient (Wildman–Crippen LogP) is 4.16. The number of nitrogens with one attached hydrogen (secondary N) is 1. The number of aryl methyl sites for hydroxylation is 1. The highest BCUT2D eigenvalue weighted by molar-refractivity contribution is 5.98. The second-order valence-corrected chi connectivity index (χ2v) is 7.84. The molecule has 1 aromatic carbocycles. The molecular formula is C22H33ClN2O2. The van der Waals surface area contributed by atoms with Gasteiger partial charge in [-0.2, -0.15) is 0 Å². The van der Waals surface area contributed by atoms with Crippen molar-refractivity contribution in [3.63, 3.8) is 0 Å². The third-order valence-corrected chi connectivity index (χ3v) is 5.79. The van der Waals surface area contributed by atoms with Crippen LogP contribution in [0.2, 0.25) is 0 Å². The number of likely N-dealkylation sites (tertiary alicyclic amines) is 1. The fourth-order valence-corrected chi connectivity index (χ4v) is 4.13. The summed E-state index contributed by atoms with van der Waals surface area (Å²) in [5.74, 6) is 0.205. The van der Waals surface area contributed by atoms with Crippen LogP contribution in [-0.2, 0) is 11.2 Å². The number of hydrogen-bond donors (Lipinski definition) is 1. The summed E-state index contributed by atoms with van der Waals surface area (Å²) < 4.78 is 0. The summed E-state index contributed by atoms with van der Waals surface area (Å²) in [6.07, 6.45) is 8.82. The zero-order valence-electron chi connectivity index (χ0n) is 16.4. The first-order valence-electron chi connectivity index (χ1n) is 10.3. The van der Waals surface area contributed by atoms with Crippen LogP contribution < -0.4 is 5.32 Å². The van der Waals surface area contributed by atoms with Gasteiger partial charge in [-0.1, -0.05) is 44.0 Å². The molecule has 2 aliphatic rings. The number of halogens is 1. The molecule has 4 nitrogen and oxygen atoms in total. The van der Waals surface area contributed by atoms with Crippen LogP contribution in [0.5, 0.6) is 0 Å².